The van der Waals surface area contributed by atoms with Gasteiger partial charge in [0.25, 0.3) is 0 Å². The molecule has 1 aliphatic heterocycles. The van der Waals surface area contributed by atoms with Gasteiger partial charge in [-0.2, -0.15) is 0 Å². The summed E-state index contributed by atoms with van der Waals surface area (Å²) in [6.45, 7) is 2.36. The van der Waals surface area contributed by atoms with Crippen molar-refractivity contribution in [3.8, 4) is 11.5 Å². The number of hydrogen-bond acceptors (Lipinski definition) is 4. The maximum absolute atomic E-state index is 13.6. The van der Waals surface area contributed by atoms with Crippen LogP contribution in [-0.2, 0) is 11.2 Å². The van der Waals surface area contributed by atoms with E-state index >= 15 is 0 Å². The Morgan fingerprint density at radius 3 is 2.71 bits per heavy atom. The van der Waals surface area contributed by atoms with E-state index in [1.807, 2.05) is 41.3 Å². The van der Waals surface area contributed by atoms with Gasteiger partial charge in [0, 0.05) is 18.2 Å². The first kappa shape index (κ1) is 18.8. The quantitative estimate of drug-likeness (QED) is 0.726. The molecule has 1 unspecified atom stereocenters. The number of amides is 1. The van der Waals surface area contributed by atoms with Gasteiger partial charge in [-0.15, -0.1) is 0 Å². The van der Waals surface area contributed by atoms with Gasteiger partial charge in [-0.1, -0.05) is 38.3 Å². The fraction of sp³-hybridized carbons (Fsp3) is 0.478. The van der Waals surface area contributed by atoms with Crippen LogP contribution in [0.15, 0.2) is 42.6 Å². The average molecular weight is 380 g/mol. The van der Waals surface area contributed by atoms with E-state index in [4.69, 9.17) is 9.47 Å². The van der Waals surface area contributed by atoms with Gasteiger partial charge in [-0.05, 0) is 55.5 Å². The van der Waals surface area contributed by atoms with Crippen LogP contribution in [0.1, 0.15) is 51.0 Å². The number of pyridine rings is 1. The zero-order valence-electron chi connectivity index (χ0n) is 16.5. The second kappa shape index (κ2) is 8.63. The van der Waals surface area contributed by atoms with E-state index in [0.29, 0.717) is 6.42 Å². The summed E-state index contributed by atoms with van der Waals surface area (Å²) >= 11 is 0. The number of nitrogens with zero attached hydrogens (tertiary/aromatic N) is 2. The molecule has 2 aromatic rings. The van der Waals surface area contributed by atoms with Gasteiger partial charge in [0.15, 0.2) is 11.5 Å². The topological polar surface area (TPSA) is 51.7 Å². The van der Waals surface area contributed by atoms with Gasteiger partial charge in [0.05, 0.1) is 0 Å². The van der Waals surface area contributed by atoms with Gasteiger partial charge in [-0.3, -0.25) is 9.69 Å². The van der Waals surface area contributed by atoms with Crippen molar-refractivity contribution in [1.82, 2.24) is 4.98 Å². The number of aromatic nitrogens is 1. The minimum Gasteiger partial charge on any atom is -0.454 e. The maximum atomic E-state index is 13.6. The summed E-state index contributed by atoms with van der Waals surface area (Å²) in [7, 11) is 0. The molecule has 1 aromatic heterocycles. The molecule has 1 atom stereocenters. The Hall–Kier alpha value is -2.56. The number of anilines is 1. The maximum Gasteiger partial charge on any atom is 0.231 e. The first-order valence-electron chi connectivity index (χ1n) is 10.4. The summed E-state index contributed by atoms with van der Waals surface area (Å²) in [6.07, 6.45) is 9.00. The third-order valence-electron chi connectivity index (χ3n) is 5.83. The highest BCUT2D eigenvalue weighted by Gasteiger charge is 2.32. The summed E-state index contributed by atoms with van der Waals surface area (Å²) in [6, 6.07) is 12.1. The van der Waals surface area contributed by atoms with Crippen molar-refractivity contribution < 1.29 is 14.3 Å². The van der Waals surface area contributed by atoms with E-state index < -0.39 is 0 Å². The Kier molecular flexibility index (Phi) is 5.79. The number of carbonyl (C=O) groups excluding carboxylic acids is 1. The fourth-order valence-corrected chi connectivity index (χ4v) is 4.27. The van der Waals surface area contributed by atoms with E-state index in [1.165, 1.54) is 19.3 Å². The zero-order chi connectivity index (χ0) is 19.3. The molecule has 2 aliphatic rings. The lowest BCUT2D eigenvalue weighted by molar-refractivity contribution is -0.123. The number of ether oxygens (including phenoxy) is 2. The third kappa shape index (κ3) is 3.98. The van der Waals surface area contributed by atoms with Gasteiger partial charge in [-0.25, -0.2) is 4.98 Å². The summed E-state index contributed by atoms with van der Waals surface area (Å²) in [5.74, 6) is 2.44. The normalized spacial score (nSPS) is 17.3. The van der Waals surface area contributed by atoms with E-state index in [0.717, 1.165) is 42.1 Å². The summed E-state index contributed by atoms with van der Waals surface area (Å²) in [4.78, 5) is 20.1. The van der Waals surface area contributed by atoms with Gasteiger partial charge < -0.3 is 9.47 Å². The van der Waals surface area contributed by atoms with Crippen LogP contribution in [0.3, 0.4) is 0 Å². The molecule has 1 aliphatic carbocycles. The Labute approximate surface area is 166 Å². The number of benzene rings is 1. The minimum atomic E-state index is -0.0793. The molecule has 0 spiro atoms. The highest BCUT2D eigenvalue weighted by Crippen LogP contribution is 2.34. The molecule has 1 amide bonds. The number of carbonyl (C=O) groups is 1. The molecule has 1 fully saturated rings. The summed E-state index contributed by atoms with van der Waals surface area (Å²) in [5.41, 5.74) is 1.11. The highest BCUT2D eigenvalue weighted by atomic mass is 16.7. The molecule has 5 heteroatoms. The van der Waals surface area contributed by atoms with Crippen molar-refractivity contribution in [1.29, 1.82) is 0 Å². The number of fused-ring (bicyclic) bond motifs is 1. The Morgan fingerprint density at radius 1 is 1.14 bits per heavy atom. The van der Waals surface area contributed by atoms with Crippen molar-refractivity contribution in [2.45, 2.75) is 57.9 Å². The molecule has 0 saturated heterocycles. The van der Waals surface area contributed by atoms with Gasteiger partial charge in [0.2, 0.25) is 12.7 Å². The van der Waals surface area contributed by atoms with E-state index in [-0.39, 0.29) is 24.7 Å². The molecular formula is C23H28N2O3. The van der Waals surface area contributed by atoms with Crippen LogP contribution in [0.5, 0.6) is 11.5 Å². The van der Waals surface area contributed by atoms with Crippen LogP contribution < -0.4 is 14.4 Å². The lowest BCUT2D eigenvalue weighted by atomic mass is 9.90. The van der Waals surface area contributed by atoms with Crippen molar-refractivity contribution >= 4 is 11.7 Å². The van der Waals surface area contributed by atoms with Crippen LogP contribution >= 0.6 is 0 Å². The third-order valence-corrected chi connectivity index (χ3v) is 5.83. The van der Waals surface area contributed by atoms with Crippen molar-refractivity contribution in [3.05, 3.63) is 48.2 Å². The highest BCUT2D eigenvalue weighted by molar-refractivity contribution is 5.95. The second-order valence-corrected chi connectivity index (χ2v) is 7.68. The second-order valence-electron chi connectivity index (χ2n) is 7.68. The summed E-state index contributed by atoms with van der Waals surface area (Å²) in [5, 5.41) is 0. The first-order chi connectivity index (χ1) is 13.8. The summed E-state index contributed by atoms with van der Waals surface area (Å²) < 4.78 is 10.9. The van der Waals surface area contributed by atoms with Gasteiger partial charge in [0.1, 0.15) is 5.82 Å². The molecule has 5 nitrogen and oxygen atoms in total. The smallest absolute Gasteiger partial charge is 0.231 e. The molecule has 0 radical (unpaired) electrons. The van der Waals surface area contributed by atoms with Crippen LogP contribution in [-0.4, -0.2) is 23.7 Å². The lowest BCUT2D eigenvalue weighted by Crippen LogP contribution is -2.45. The molecular weight excluding hydrogens is 352 g/mol. The molecule has 148 valence electrons. The monoisotopic (exact) mass is 380 g/mol. The SMILES string of the molecule is CCC(Cc1ccc2c(c1)OCO2)C(=O)N(c1ccccn1)C1CCCCC1. The Bertz CT molecular complexity index is 803. The molecule has 2 heterocycles. The standard InChI is InChI=1S/C23H28N2O3/c1-2-18(14-17-11-12-20-21(15-17)28-16-27-20)23(26)25(19-8-4-3-5-9-19)22-10-6-7-13-24-22/h6-7,10-13,15,18-19H,2-5,8-9,14,16H2,1H3. The van der Waals surface area contributed by atoms with Crippen LogP contribution in [0, 0.1) is 5.92 Å². The Balaban J connectivity index is 1.56. The molecule has 0 bridgehead atoms. The van der Waals surface area contributed by atoms with E-state index in [1.54, 1.807) is 6.20 Å². The molecule has 1 saturated carbocycles. The predicted octanol–water partition coefficient (Wildman–Crippen LogP) is 4.74. The molecule has 28 heavy (non-hydrogen) atoms. The van der Waals surface area contributed by atoms with Crippen LogP contribution in [0.4, 0.5) is 5.82 Å². The van der Waals surface area contributed by atoms with Crippen LogP contribution in [0.2, 0.25) is 0 Å². The average Bonchev–Trinajstić information content (AvgIpc) is 3.21. The van der Waals surface area contributed by atoms with E-state index in [9.17, 15) is 4.79 Å². The van der Waals surface area contributed by atoms with Crippen molar-refractivity contribution in [2.24, 2.45) is 5.92 Å². The Morgan fingerprint density at radius 2 is 1.96 bits per heavy atom. The molecule has 0 N–H and O–H groups in total. The predicted molar refractivity (Wildman–Crippen MR) is 109 cm³/mol. The van der Waals surface area contributed by atoms with Crippen LogP contribution in [0.25, 0.3) is 0 Å². The lowest BCUT2D eigenvalue weighted by Gasteiger charge is -2.35. The minimum absolute atomic E-state index is 0.0793. The zero-order valence-corrected chi connectivity index (χ0v) is 16.5. The van der Waals surface area contributed by atoms with Crippen molar-refractivity contribution in [3.63, 3.8) is 0 Å². The van der Waals surface area contributed by atoms with Crippen molar-refractivity contribution in [2.75, 3.05) is 11.7 Å². The van der Waals surface area contributed by atoms with E-state index in [2.05, 4.69) is 11.9 Å². The fourth-order valence-electron chi connectivity index (χ4n) is 4.27. The molecule has 4 rings (SSSR count). The largest absolute Gasteiger partial charge is 0.454 e. The number of rotatable bonds is 6. The number of hydrogen-bond donors (Lipinski definition) is 0. The van der Waals surface area contributed by atoms with Gasteiger partial charge >= 0.3 is 0 Å². The first-order valence-corrected chi connectivity index (χ1v) is 10.4. The molecule has 1 aromatic carbocycles.